The number of benzene rings is 2. The molecule has 2 aromatic carbocycles. The molecule has 1 heterocycles. The highest BCUT2D eigenvalue weighted by atomic mass is 79.9. The van der Waals surface area contributed by atoms with Crippen molar-refractivity contribution >= 4 is 50.7 Å². The molecule has 0 bridgehead atoms. The van der Waals surface area contributed by atoms with E-state index in [1.807, 2.05) is 11.4 Å². The zero-order chi connectivity index (χ0) is 19.2. The number of hydrogen-bond acceptors (Lipinski definition) is 4. The number of esters is 1. The van der Waals surface area contributed by atoms with Gasteiger partial charge >= 0.3 is 5.97 Å². The van der Waals surface area contributed by atoms with E-state index in [2.05, 4.69) is 15.9 Å². The topological polar surface area (TPSA) is 43.4 Å². The summed E-state index contributed by atoms with van der Waals surface area (Å²) in [6.07, 6.45) is 1.62. The molecule has 3 rings (SSSR count). The van der Waals surface area contributed by atoms with Crippen LogP contribution < -0.4 is 0 Å². The number of carbonyl (C=O) groups is 2. The number of thiophene rings is 1. The average molecular weight is 445 g/mol. The van der Waals surface area contributed by atoms with Gasteiger partial charge in [-0.15, -0.1) is 11.3 Å². The summed E-state index contributed by atoms with van der Waals surface area (Å²) in [7, 11) is 0. The van der Waals surface area contributed by atoms with Gasteiger partial charge in [0.2, 0.25) is 5.78 Å². The van der Waals surface area contributed by atoms with Gasteiger partial charge in [0.15, 0.2) is 6.61 Å². The van der Waals surface area contributed by atoms with Gasteiger partial charge in [-0.1, -0.05) is 52.3 Å². The number of ether oxygens (including phenoxy) is 1. The van der Waals surface area contributed by atoms with E-state index in [0.29, 0.717) is 26.0 Å². The van der Waals surface area contributed by atoms with Crippen LogP contribution in [0.25, 0.3) is 11.6 Å². The minimum absolute atomic E-state index is 0.303. The maximum atomic E-state index is 13.1. The summed E-state index contributed by atoms with van der Waals surface area (Å²) in [6, 6.07) is 16.3. The second-order valence-corrected chi connectivity index (χ2v) is 7.37. The highest BCUT2D eigenvalue weighted by Gasteiger charge is 2.18. The molecular formula is C21H14BrFO3S. The molecule has 0 amide bonds. The van der Waals surface area contributed by atoms with E-state index in [9.17, 15) is 14.0 Å². The Balaban J connectivity index is 1.79. The number of rotatable bonds is 6. The third kappa shape index (κ3) is 4.99. The molecule has 0 fully saturated rings. The van der Waals surface area contributed by atoms with Crippen LogP contribution in [0.15, 0.2) is 70.5 Å². The summed E-state index contributed by atoms with van der Waals surface area (Å²) < 4.78 is 19.0. The Bertz CT molecular complexity index is 979. The Hall–Kier alpha value is -2.57. The van der Waals surface area contributed by atoms with Crippen LogP contribution in [0.1, 0.15) is 20.8 Å². The number of halogens is 2. The molecule has 3 nitrogen and oxygen atoms in total. The predicted octanol–water partition coefficient (Wildman–Crippen LogP) is 5.62. The van der Waals surface area contributed by atoms with E-state index in [4.69, 9.17) is 4.74 Å². The van der Waals surface area contributed by atoms with Crippen molar-refractivity contribution in [1.29, 1.82) is 0 Å². The number of hydrogen-bond donors (Lipinski definition) is 0. The predicted molar refractivity (Wildman–Crippen MR) is 108 cm³/mol. The van der Waals surface area contributed by atoms with Gasteiger partial charge in [-0.2, -0.15) is 0 Å². The smallest absolute Gasteiger partial charge is 0.340 e. The molecule has 0 spiro atoms. The molecule has 3 aromatic rings. The fourth-order valence-electron chi connectivity index (χ4n) is 2.36. The summed E-state index contributed by atoms with van der Waals surface area (Å²) in [4.78, 5) is 25.6. The molecule has 6 heteroatoms. The minimum Gasteiger partial charge on any atom is -0.454 e. The van der Waals surface area contributed by atoms with Crippen molar-refractivity contribution in [2.75, 3.05) is 6.61 Å². The Labute approximate surface area is 168 Å². The third-order valence-corrected chi connectivity index (χ3v) is 5.29. The van der Waals surface area contributed by atoms with Crippen molar-refractivity contribution in [3.63, 3.8) is 0 Å². The van der Waals surface area contributed by atoms with Gasteiger partial charge in [0.05, 0.1) is 5.57 Å². The van der Waals surface area contributed by atoms with Gasteiger partial charge in [-0.3, -0.25) is 4.79 Å². The molecule has 0 saturated heterocycles. The van der Waals surface area contributed by atoms with E-state index >= 15 is 0 Å². The van der Waals surface area contributed by atoms with E-state index in [-0.39, 0.29) is 18.2 Å². The zero-order valence-electron chi connectivity index (χ0n) is 14.0. The fraction of sp³-hybridized carbons (Fsp3) is 0.0476. The van der Waals surface area contributed by atoms with Gasteiger partial charge in [-0.05, 0) is 41.3 Å². The molecule has 0 N–H and O–H groups in total. The molecule has 0 atom stereocenters. The Morgan fingerprint density at radius 3 is 2.44 bits per heavy atom. The molecule has 1 aromatic heterocycles. The second kappa shape index (κ2) is 8.88. The number of ketones is 1. The van der Waals surface area contributed by atoms with Crippen LogP contribution in [0.5, 0.6) is 0 Å². The molecule has 0 aliphatic rings. The van der Waals surface area contributed by atoms with E-state index in [0.717, 1.165) is 0 Å². The van der Waals surface area contributed by atoms with E-state index in [1.54, 1.807) is 48.5 Å². The fourth-order valence-corrected chi connectivity index (χ4v) is 3.60. The first kappa shape index (κ1) is 19.2. The second-order valence-electron chi connectivity index (χ2n) is 5.57. The first-order valence-electron chi connectivity index (χ1n) is 8.00. The van der Waals surface area contributed by atoms with Crippen LogP contribution in [0, 0.1) is 5.82 Å². The van der Waals surface area contributed by atoms with Gasteiger partial charge in [0, 0.05) is 14.9 Å². The average Bonchev–Trinajstić information content (AvgIpc) is 3.20. The molecule has 0 aliphatic heterocycles. The summed E-state index contributed by atoms with van der Waals surface area (Å²) in [5.74, 6) is -1.27. The molecule has 0 aliphatic carbocycles. The third-order valence-electron chi connectivity index (χ3n) is 3.70. The summed E-state index contributed by atoms with van der Waals surface area (Å²) in [6.45, 7) is -0.367. The Kier molecular flexibility index (Phi) is 6.32. The van der Waals surface area contributed by atoms with Gasteiger partial charge < -0.3 is 4.74 Å². The van der Waals surface area contributed by atoms with Crippen molar-refractivity contribution in [1.82, 2.24) is 0 Å². The number of carbonyl (C=O) groups excluding carboxylic acids is 2. The van der Waals surface area contributed by atoms with Crippen molar-refractivity contribution in [3.8, 4) is 0 Å². The first-order valence-corrected chi connectivity index (χ1v) is 9.68. The highest BCUT2D eigenvalue weighted by molar-refractivity contribution is 9.10. The van der Waals surface area contributed by atoms with E-state index < -0.39 is 5.97 Å². The van der Waals surface area contributed by atoms with Crippen molar-refractivity contribution in [2.45, 2.75) is 0 Å². The summed E-state index contributed by atoms with van der Waals surface area (Å²) >= 11 is 4.69. The van der Waals surface area contributed by atoms with Crippen molar-refractivity contribution < 1.29 is 18.7 Å². The van der Waals surface area contributed by atoms with Crippen LogP contribution in [-0.4, -0.2) is 18.4 Å². The summed E-state index contributed by atoms with van der Waals surface area (Å²) in [5.41, 5.74) is 1.43. The first-order chi connectivity index (χ1) is 13.0. The quantitative estimate of drug-likeness (QED) is 0.281. The van der Waals surface area contributed by atoms with Gasteiger partial charge in [-0.25, -0.2) is 9.18 Å². The van der Waals surface area contributed by atoms with Crippen LogP contribution >= 0.6 is 27.3 Å². The van der Waals surface area contributed by atoms with Gasteiger partial charge in [0.1, 0.15) is 5.82 Å². The van der Waals surface area contributed by atoms with Crippen LogP contribution in [0.4, 0.5) is 4.39 Å². The van der Waals surface area contributed by atoms with E-state index in [1.165, 1.54) is 23.5 Å². The Morgan fingerprint density at radius 2 is 1.78 bits per heavy atom. The number of Topliss-reactive ketones (excluding diaryl/α,β-unsaturated/α-hetero) is 1. The lowest BCUT2D eigenvalue weighted by molar-refractivity contribution is -0.135. The molecule has 0 saturated carbocycles. The molecular weight excluding hydrogens is 431 g/mol. The molecule has 0 unspecified atom stereocenters. The molecule has 27 heavy (non-hydrogen) atoms. The lowest BCUT2D eigenvalue weighted by Gasteiger charge is -2.08. The SMILES string of the molecule is O=C(OCC(=O)c1ccccc1Br)C(=Cc1ccc(F)cc1)c1cccs1. The maximum Gasteiger partial charge on any atom is 0.340 e. The minimum atomic E-state index is -0.609. The zero-order valence-corrected chi connectivity index (χ0v) is 16.4. The van der Waals surface area contributed by atoms with Crippen molar-refractivity contribution in [3.05, 3.63) is 92.3 Å². The maximum absolute atomic E-state index is 13.1. The summed E-state index contributed by atoms with van der Waals surface area (Å²) in [5, 5.41) is 1.84. The van der Waals surface area contributed by atoms with Gasteiger partial charge in [0.25, 0.3) is 0 Å². The Morgan fingerprint density at radius 1 is 1.04 bits per heavy atom. The standard InChI is InChI=1S/C21H14BrFO3S/c22-18-5-2-1-4-16(18)19(24)13-26-21(25)17(20-6-3-11-27-20)12-14-7-9-15(23)10-8-14/h1-12H,13H2. The highest BCUT2D eigenvalue weighted by Crippen LogP contribution is 2.25. The largest absolute Gasteiger partial charge is 0.454 e. The van der Waals surface area contributed by atoms with Crippen LogP contribution in [-0.2, 0) is 9.53 Å². The molecule has 0 radical (unpaired) electrons. The van der Waals surface area contributed by atoms with Crippen LogP contribution in [0.3, 0.4) is 0 Å². The molecule has 136 valence electrons. The lowest BCUT2D eigenvalue weighted by atomic mass is 10.1. The normalized spacial score (nSPS) is 11.3. The van der Waals surface area contributed by atoms with Crippen LogP contribution in [0.2, 0.25) is 0 Å². The monoisotopic (exact) mass is 444 g/mol. The van der Waals surface area contributed by atoms with Crippen molar-refractivity contribution in [2.24, 2.45) is 0 Å². The lowest BCUT2D eigenvalue weighted by Crippen LogP contribution is -2.15.